The van der Waals surface area contributed by atoms with Gasteiger partial charge < -0.3 is 0 Å². The van der Waals surface area contributed by atoms with Gasteiger partial charge in [0.1, 0.15) is 12.1 Å². The highest BCUT2D eigenvalue weighted by atomic mass is 15.1. The largest absolute Gasteiger partial charge is 0.242 e. The molecule has 0 fully saturated rings. The molecule has 0 saturated heterocycles. The summed E-state index contributed by atoms with van der Waals surface area (Å²) in [5.74, 6) is 0. The smallest absolute Gasteiger partial charge is 0.195 e. The van der Waals surface area contributed by atoms with Gasteiger partial charge in [-0.05, 0) is 6.42 Å². The highest BCUT2D eigenvalue weighted by molar-refractivity contribution is 5.05. The molecular formula is C6H8N4. The molecule has 0 aliphatic rings. The molecule has 0 spiro atoms. The van der Waals surface area contributed by atoms with E-state index in [0.29, 0.717) is 6.54 Å². The number of hydrogen-bond acceptors (Lipinski definition) is 4. The molecule has 0 bridgehead atoms. The molecule has 0 amide bonds. The fourth-order valence-electron chi connectivity index (χ4n) is 0.320. The quantitative estimate of drug-likeness (QED) is 0.548. The number of hydrogen-bond donors (Lipinski definition) is 0. The summed E-state index contributed by atoms with van der Waals surface area (Å²) in [4.78, 5) is 0. The van der Waals surface area contributed by atoms with Crippen LogP contribution in [0.4, 0.5) is 0 Å². The van der Waals surface area contributed by atoms with Gasteiger partial charge in [-0.3, -0.25) is 0 Å². The Morgan fingerprint density at radius 1 is 1.40 bits per heavy atom. The van der Waals surface area contributed by atoms with Gasteiger partial charge in [0.05, 0.1) is 6.54 Å². The zero-order chi connectivity index (χ0) is 7.82. The van der Waals surface area contributed by atoms with Crippen LogP contribution < -0.4 is 0 Å². The Kier molecular flexibility index (Phi) is 4.90. The second kappa shape index (κ2) is 5.71. The highest BCUT2D eigenvalue weighted by Crippen LogP contribution is 1.88. The number of nitriles is 2. The molecule has 10 heavy (non-hydrogen) atoms. The van der Waals surface area contributed by atoms with Crippen molar-refractivity contribution in [2.75, 3.05) is 6.54 Å². The van der Waals surface area contributed by atoms with Gasteiger partial charge in [-0.25, -0.2) is 0 Å². The van der Waals surface area contributed by atoms with E-state index in [9.17, 15) is 0 Å². The maximum Gasteiger partial charge on any atom is 0.242 e. The Balaban J connectivity index is 3.67. The first-order valence-corrected chi connectivity index (χ1v) is 3.01. The van der Waals surface area contributed by atoms with Crippen LogP contribution in [-0.4, -0.2) is 12.6 Å². The fraction of sp³-hybridized carbons (Fsp3) is 0.667. The van der Waals surface area contributed by atoms with Crippen molar-refractivity contribution in [1.29, 1.82) is 10.5 Å². The molecule has 0 rings (SSSR count). The molecule has 52 valence electrons. The molecule has 0 aromatic heterocycles. The number of rotatable bonds is 3. The number of azo groups is 1. The Morgan fingerprint density at radius 2 is 2.00 bits per heavy atom. The van der Waals surface area contributed by atoms with Gasteiger partial charge in [-0.2, -0.15) is 20.8 Å². The van der Waals surface area contributed by atoms with Gasteiger partial charge in [-0.1, -0.05) is 6.92 Å². The molecule has 0 aliphatic carbocycles. The third-order valence-corrected chi connectivity index (χ3v) is 0.765. The Bertz CT molecular complexity index is 169. The lowest BCUT2D eigenvalue weighted by atomic mass is 10.4. The van der Waals surface area contributed by atoms with Crippen LogP contribution in [0.5, 0.6) is 0 Å². The monoisotopic (exact) mass is 136 g/mol. The summed E-state index contributed by atoms with van der Waals surface area (Å²) < 4.78 is 0. The second-order valence-electron chi connectivity index (χ2n) is 1.64. The van der Waals surface area contributed by atoms with Crippen molar-refractivity contribution in [3.63, 3.8) is 0 Å². The Morgan fingerprint density at radius 3 is 2.40 bits per heavy atom. The molecular weight excluding hydrogens is 128 g/mol. The van der Waals surface area contributed by atoms with Crippen molar-refractivity contribution < 1.29 is 0 Å². The van der Waals surface area contributed by atoms with E-state index < -0.39 is 6.04 Å². The van der Waals surface area contributed by atoms with E-state index in [-0.39, 0.29) is 0 Å². The first-order chi connectivity index (χ1) is 4.85. The van der Waals surface area contributed by atoms with Crippen molar-refractivity contribution in [3.05, 3.63) is 0 Å². The predicted octanol–water partition coefficient (Wildman–Crippen LogP) is 1.26. The molecule has 0 heterocycles. The molecule has 0 radical (unpaired) electrons. The zero-order valence-electron chi connectivity index (χ0n) is 5.78. The summed E-state index contributed by atoms with van der Waals surface area (Å²) in [6.45, 7) is 2.53. The van der Waals surface area contributed by atoms with Crippen LogP contribution in [0.15, 0.2) is 10.2 Å². The van der Waals surface area contributed by atoms with E-state index in [2.05, 4.69) is 10.2 Å². The lowest BCUT2D eigenvalue weighted by Gasteiger charge is -1.85. The van der Waals surface area contributed by atoms with E-state index in [4.69, 9.17) is 10.5 Å². The summed E-state index contributed by atoms with van der Waals surface area (Å²) in [7, 11) is 0. The normalized spacial score (nSPS) is 9.60. The van der Waals surface area contributed by atoms with E-state index in [1.807, 2.05) is 6.92 Å². The molecule has 0 aromatic carbocycles. The average Bonchev–Trinajstić information content (AvgIpc) is 1.99. The van der Waals surface area contributed by atoms with E-state index in [1.165, 1.54) is 0 Å². The third kappa shape index (κ3) is 3.57. The molecule has 0 aliphatic heterocycles. The summed E-state index contributed by atoms with van der Waals surface area (Å²) >= 11 is 0. The van der Waals surface area contributed by atoms with Gasteiger partial charge in [-0.15, -0.1) is 0 Å². The van der Waals surface area contributed by atoms with Crippen LogP contribution in [0.1, 0.15) is 13.3 Å². The molecule has 4 nitrogen and oxygen atoms in total. The van der Waals surface area contributed by atoms with E-state index >= 15 is 0 Å². The van der Waals surface area contributed by atoms with Crippen LogP contribution >= 0.6 is 0 Å². The van der Waals surface area contributed by atoms with Gasteiger partial charge in [0.2, 0.25) is 6.04 Å². The molecule has 0 atom stereocenters. The minimum Gasteiger partial charge on any atom is -0.195 e. The van der Waals surface area contributed by atoms with E-state index in [1.54, 1.807) is 12.1 Å². The van der Waals surface area contributed by atoms with Gasteiger partial charge in [0, 0.05) is 0 Å². The van der Waals surface area contributed by atoms with Crippen molar-refractivity contribution in [1.82, 2.24) is 0 Å². The lowest BCUT2D eigenvalue weighted by Crippen LogP contribution is -1.93. The third-order valence-electron chi connectivity index (χ3n) is 0.765. The summed E-state index contributed by atoms with van der Waals surface area (Å²) in [6, 6.07) is 2.45. The molecule has 0 unspecified atom stereocenters. The fourth-order valence-corrected chi connectivity index (χ4v) is 0.320. The van der Waals surface area contributed by atoms with Crippen molar-refractivity contribution in [2.45, 2.75) is 19.4 Å². The molecule has 0 saturated carbocycles. The van der Waals surface area contributed by atoms with Crippen LogP contribution in [0.25, 0.3) is 0 Å². The lowest BCUT2D eigenvalue weighted by molar-refractivity contribution is 0.812. The van der Waals surface area contributed by atoms with Crippen molar-refractivity contribution in [3.8, 4) is 12.1 Å². The SMILES string of the molecule is CCCN=NC(C#N)C#N. The molecule has 0 aromatic rings. The topological polar surface area (TPSA) is 72.3 Å². The summed E-state index contributed by atoms with van der Waals surface area (Å²) in [5, 5.41) is 23.5. The van der Waals surface area contributed by atoms with Crippen LogP contribution in [0, 0.1) is 22.7 Å². The Labute approximate surface area is 59.8 Å². The van der Waals surface area contributed by atoms with Crippen LogP contribution in [-0.2, 0) is 0 Å². The Hall–Kier alpha value is -1.42. The van der Waals surface area contributed by atoms with E-state index in [0.717, 1.165) is 6.42 Å². The number of nitrogens with zero attached hydrogens (tertiary/aromatic N) is 4. The summed E-state index contributed by atoms with van der Waals surface area (Å²) in [6.07, 6.45) is 0.882. The molecule has 0 N–H and O–H groups in total. The van der Waals surface area contributed by atoms with Crippen molar-refractivity contribution in [2.24, 2.45) is 10.2 Å². The zero-order valence-corrected chi connectivity index (χ0v) is 5.78. The van der Waals surface area contributed by atoms with Crippen LogP contribution in [0.3, 0.4) is 0 Å². The van der Waals surface area contributed by atoms with Gasteiger partial charge >= 0.3 is 0 Å². The maximum atomic E-state index is 8.20. The standard InChI is InChI=1S/C6H8N4/c1-2-3-9-10-6(4-7)5-8/h6H,2-3H2,1H3. The minimum atomic E-state index is -0.924. The highest BCUT2D eigenvalue weighted by Gasteiger charge is 1.98. The first kappa shape index (κ1) is 8.58. The summed E-state index contributed by atoms with van der Waals surface area (Å²) in [5.41, 5.74) is 0. The average molecular weight is 136 g/mol. The second-order valence-corrected chi connectivity index (χ2v) is 1.64. The maximum absolute atomic E-state index is 8.20. The first-order valence-electron chi connectivity index (χ1n) is 3.01. The van der Waals surface area contributed by atoms with Gasteiger partial charge in [0.25, 0.3) is 0 Å². The molecule has 4 heteroatoms. The van der Waals surface area contributed by atoms with Crippen LogP contribution in [0.2, 0.25) is 0 Å². The van der Waals surface area contributed by atoms with Gasteiger partial charge in [0.15, 0.2) is 0 Å². The predicted molar refractivity (Wildman–Crippen MR) is 35.0 cm³/mol. The van der Waals surface area contributed by atoms with Crippen molar-refractivity contribution >= 4 is 0 Å². The minimum absolute atomic E-state index is 0.583.